The molecule has 0 spiro atoms. The molecule has 1 aromatic heterocycles. The van der Waals surface area contributed by atoms with Gasteiger partial charge in [0.25, 0.3) is 0 Å². The van der Waals surface area contributed by atoms with Crippen LogP contribution < -0.4 is 10.2 Å². The van der Waals surface area contributed by atoms with Crippen molar-refractivity contribution in [3.05, 3.63) is 45.0 Å². The van der Waals surface area contributed by atoms with E-state index < -0.39 is 17.8 Å². The zero-order valence-corrected chi connectivity index (χ0v) is 13.6. The lowest BCUT2D eigenvalue weighted by molar-refractivity contribution is -0.116. The van der Waals surface area contributed by atoms with Gasteiger partial charge in [0.15, 0.2) is 0 Å². The van der Waals surface area contributed by atoms with Crippen molar-refractivity contribution in [1.82, 2.24) is 4.57 Å². The minimum absolute atomic E-state index is 0.174. The summed E-state index contributed by atoms with van der Waals surface area (Å²) >= 11 is 1.60. The lowest BCUT2D eigenvalue weighted by Crippen LogP contribution is -2.25. The maximum Gasteiger partial charge on any atom is 0.398 e. The van der Waals surface area contributed by atoms with E-state index in [2.05, 4.69) is 5.32 Å². The molecule has 2 aromatic rings. The quantitative estimate of drug-likeness (QED) is 0.828. The molecule has 4 nitrogen and oxygen atoms in total. The Labute approximate surface area is 138 Å². The second-order valence-corrected chi connectivity index (χ2v) is 6.52. The van der Waals surface area contributed by atoms with Gasteiger partial charge in [-0.05, 0) is 19.1 Å². The number of halogens is 3. The van der Waals surface area contributed by atoms with E-state index in [0.29, 0.717) is 28.0 Å². The Morgan fingerprint density at radius 3 is 2.65 bits per heavy atom. The van der Waals surface area contributed by atoms with Gasteiger partial charge in [-0.2, -0.15) is 13.2 Å². The molecule has 0 saturated carbocycles. The van der Waals surface area contributed by atoms with Crippen molar-refractivity contribution in [2.24, 2.45) is 0 Å². The SMILES string of the molecule is Cc1csc(=O)n1CC(=O)Nc1ccccc1SCC(F)(F)F. The van der Waals surface area contributed by atoms with E-state index in [-0.39, 0.29) is 11.4 Å². The number of para-hydroxylation sites is 1. The number of anilines is 1. The Hall–Kier alpha value is -1.74. The first-order valence-corrected chi connectivity index (χ1v) is 8.36. The van der Waals surface area contributed by atoms with Gasteiger partial charge >= 0.3 is 11.0 Å². The Morgan fingerprint density at radius 1 is 1.35 bits per heavy atom. The van der Waals surface area contributed by atoms with Crippen LogP contribution in [0.15, 0.2) is 39.3 Å². The Bertz CT molecular complexity index is 753. The zero-order chi connectivity index (χ0) is 17.0. The largest absolute Gasteiger partial charge is 0.398 e. The van der Waals surface area contributed by atoms with Crippen LogP contribution in [-0.2, 0) is 11.3 Å². The van der Waals surface area contributed by atoms with Crippen molar-refractivity contribution in [2.75, 3.05) is 11.1 Å². The summed E-state index contributed by atoms with van der Waals surface area (Å²) in [7, 11) is 0. The van der Waals surface area contributed by atoms with Crippen molar-refractivity contribution in [3.63, 3.8) is 0 Å². The number of alkyl halides is 3. The number of thioether (sulfide) groups is 1. The first-order chi connectivity index (χ1) is 10.8. The lowest BCUT2D eigenvalue weighted by Gasteiger charge is -2.12. The topological polar surface area (TPSA) is 51.1 Å². The van der Waals surface area contributed by atoms with Gasteiger partial charge in [-0.15, -0.1) is 11.8 Å². The number of carbonyl (C=O) groups excluding carboxylic acids is 1. The van der Waals surface area contributed by atoms with Gasteiger partial charge < -0.3 is 5.32 Å². The van der Waals surface area contributed by atoms with Crippen LogP contribution in [0.5, 0.6) is 0 Å². The van der Waals surface area contributed by atoms with Crippen LogP contribution in [0.3, 0.4) is 0 Å². The summed E-state index contributed by atoms with van der Waals surface area (Å²) in [6.07, 6.45) is -4.29. The van der Waals surface area contributed by atoms with Crippen molar-refractivity contribution in [2.45, 2.75) is 24.5 Å². The van der Waals surface area contributed by atoms with Gasteiger partial charge in [0.1, 0.15) is 6.54 Å². The van der Waals surface area contributed by atoms with Crippen molar-refractivity contribution in [1.29, 1.82) is 0 Å². The number of thiazole rings is 1. The predicted molar refractivity (Wildman–Crippen MR) is 85.2 cm³/mol. The van der Waals surface area contributed by atoms with E-state index in [0.717, 1.165) is 11.3 Å². The molecule has 1 aromatic carbocycles. The molecule has 1 amide bonds. The zero-order valence-electron chi connectivity index (χ0n) is 12.0. The Balaban J connectivity index is 2.08. The third-order valence-electron chi connectivity index (χ3n) is 2.83. The van der Waals surface area contributed by atoms with Crippen LogP contribution >= 0.6 is 23.1 Å². The highest BCUT2D eigenvalue weighted by atomic mass is 32.2. The van der Waals surface area contributed by atoms with Gasteiger partial charge in [0, 0.05) is 16.0 Å². The van der Waals surface area contributed by atoms with E-state index in [1.54, 1.807) is 24.4 Å². The van der Waals surface area contributed by atoms with E-state index >= 15 is 0 Å². The molecule has 0 aliphatic rings. The van der Waals surface area contributed by atoms with Gasteiger partial charge in [-0.3, -0.25) is 14.2 Å². The lowest BCUT2D eigenvalue weighted by atomic mass is 10.3. The number of nitrogens with zero attached hydrogens (tertiary/aromatic N) is 1. The van der Waals surface area contributed by atoms with Gasteiger partial charge in [-0.25, -0.2) is 0 Å². The van der Waals surface area contributed by atoms with Crippen LogP contribution in [0.25, 0.3) is 0 Å². The summed E-state index contributed by atoms with van der Waals surface area (Å²) in [6, 6.07) is 6.26. The number of carbonyl (C=O) groups is 1. The molecule has 0 bridgehead atoms. The summed E-state index contributed by atoms with van der Waals surface area (Å²) in [5.41, 5.74) is 0.961. The third kappa shape index (κ3) is 5.14. The molecular weight excluding hydrogens is 349 g/mol. The number of rotatable bonds is 5. The van der Waals surface area contributed by atoms with E-state index in [1.807, 2.05) is 0 Å². The fourth-order valence-corrected chi connectivity index (χ4v) is 3.29. The minimum Gasteiger partial charge on any atom is -0.324 e. The normalized spacial score (nSPS) is 11.5. The van der Waals surface area contributed by atoms with Crippen LogP contribution in [0, 0.1) is 6.92 Å². The number of aromatic nitrogens is 1. The van der Waals surface area contributed by atoms with Crippen LogP contribution in [0.4, 0.5) is 18.9 Å². The molecule has 0 aliphatic heterocycles. The first kappa shape index (κ1) is 17.6. The maximum atomic E-state index is 12.3. The number of hydrogen-bond acceptors (Lipinski definition) is 4. The van der Waals surface area contributed by atoms with Gasteiger partial charge in [-0.1, -0.05) is 23.5 Å². The second kappa shape index (κ2) is 7.22. The molecule has 23 heavy (non-hydrogen) atoms. The molecule has 1 heterocycles. The van der Waals surface area contributed by atoms with E-state index in [9.17, 15) is 22.8 Å². The van der Waals surface area contributed by atoms with E-state index in [1.165, 1.54) is 16.7 Å². The third-order valence-corrected chi connectivity index (χ3v) is 4.85. The molecule has 0 unspecified atom stereocenters. The first-order valence-electron chi connectivity index (χ1n) is 6.49. The molecule has 0 atom stereocenters. The number of nitrogens with one attached hydrogen (secondary N) is 1. The van der Waals surface area contributed by atoms with Crippen LogP contribution in [0.2, 0.25) is 0 Å². The smallest absolute Gasteiger partial charge is 0.324 e. The monoisotopic (exact) mass is 362 g/mol. The number of hydrogen-bond donors (Lipinski definition) is 1. The molecule has 9 heteroatoms. The summed E-state index contributed by atoms with van der Waals surface area (Å²) in [5.74, 6) is -1.50. The maximum absolute atomic E-state index is 12.3. The molecule has 2 rings (SSSR count). The average Bonchev–Trinajstić information content (AvgIpc) is 2.77. The number of amides is 1. The molecule has 124 valence electrons. The molecule has 1 N–H and O–H groups in total. The molecule has 0 fully saturated rings. The van der Waals surface area contributed by atoms with Gasteiger partial charge in [0.2, 0.25) is 5.91 Å². The Morgan fingerprint density at radius 2 is 2.04 bits per heavy atom. The number of benzene rings is 1. The highest BCUT2D eigenvalue weighted by molar-refractivity contribution is 7.99. The molecule has 0 aliphatic carbocycles. The van der Waals surface area contributed by atoms with Gasteiger partial charge in [0.05, 0.1) is 11.4 Å². The summed E-state index contributed by atoms with van der Waals surface area (Å²) in [4.78, 5) is 23.7. The van der Waals surface area contributed by atoms with Crippen LogP contribution in [0.1, 0.15) is 5.69 Å². The summed E-state index contributed by atoms with van der Waals surface area (Å²) in [5, 5.41) is 4.20. The van der Waals surface area contributed by atoms with Crippen LogP contribution in [-0.4, -0.2) is 22.4 Å². The summed E-state index contributed by atoms with van der Waals surface area (Å²) < 4.78 is 38.3. The summed E-state index contributed by atoms with van der Waals surface area (Å²) in [6.45, 7) is 1.53. The highest BCUT2D eigenvalue weighted by Gasteiger charge is 2.27. The highest BCUT2D eigenvalue weighted by Crippen LogP contribution is 2.32. The molecular formula is C14H13F3N2O2S2. The fourth-order valence-electron chi connectivity index (χ4n) is 1.78. The van der Waals surface area contributed by atoms with Crippen molar-refractivity contribution in [3.8, 4) is 0 Å². The fraction of sp³-hybridized carbons (Fsp3) is 0.286. The van der Waals surface area contributed by atoms with Crippen molar-refractivity contribution < 1.29 is 18.0 Å². The van der Waals surface area contributed by atoms with E-state index in [4.69, 9.17) is 0 Å². The molecule has 0 radical (unpaired) electrons. The Kier molecular flexibility index (Phi) is 5.53. The predicted octanol–water partition coefficient (Wildman–Crippen LogP) is 3.51. The number of aryl methyl sites for hydroxylation is 1. The van der Waals surface area contributed by atoms with Crippen molar-refractivity contribution >= 4 is 34.7 Å². The second-order valence-electron chi connectivity index (χ2n) is 4.68. The minimum atomic E-state index is -4.29. The standard InChI is InChI=1S/C14H13F3N2O2S2/c1-9-7-22-13(21)19(9)6-12(20)18-10-4-2-3-5-11(10)23-8-14(15,16)17/h2-5,7H,6,8H2,1H3,(H,18,20). The molecule has 0 saturated heterocycles. The average molecular weight is 362 g/mol.